The third kappa shape index (κ3) is 3.07. The van der Waals surface area contributed by atoms with Gasteiger partial charge < -0.3 is 14.8 Å². The molecule has 0 radical (unpaired) electrons. The minimum absolute atomic E-state index is 0.102. The summed E-state index contributed by atoms with van der Waals surface area (Å²) in [6.07, 6.45) is 4.42. The van der Waals surface area contributed by atoms with E-state index >= 15 is 0 Å². The number of aryl methyl sites for hydroxylation is 2. The van der Waals surface area contributed by atoms with Crippen LogP contribution < -0.4 is 10.2 Å². The van der Waals surface area contributed by atoms with Crippen molar-refractivity contribution >= 4 is 11.6 Å². The van der Waals surface area contributed by atoms with E-state index in [1.54, 1.807) is 0 Å². The van der Waals surface area contributed by atoms with Gasteiger partial charge in [0.25, 0.3) is 5.91 Å². The van der Waals surface area contributed by atoms with Crippen LogP contribution in [-0.4, -0.2) is 23.6 Å². The van der Waals surface area contributed by atoms with Crippen LogP contribution in [0.25, 0.3) is 0 Å². The van der Waals surface area contributed by atoms with Crippen LogP contribution in [-0.2, 0) is 11.8 Å². The predicted octanol–water partition coefficient (Wildman–Crippen LogP) is 1.69. The molecule has 2 aromatic rings. The maximum atomic E-state index is 12.4. The Kier molecular flexibility index (Phi) is 4.29. The van der Waals surface area contributed by atoms with E-state index in [4.69, 9.17) is 0 Å². The van der Waals surface area contributed by atoms with Gasteiger partial charge in [0.15, 0.2) is 6.54 Å². The number of carbonyl (C=O) groups excluding carboxylic acids is 1. The number of anilines is 1. The summed E-state index contributed by atoms with van der Waals surface area (Å²) in [6.45, 7) is 3.62. The molecule has 1 amide bonds. The van der Waals surface area contributed by atoms with Gasteiger partial charge in [-0.15, -0.1) is 0 Å². The van der Waals surface area contributed by atoms with E-state index in [1.807, 2.05) is 31.2 Å². The van der Waals surface area contributed by atoms with Crippen LogP contribution in [0.4, 0.5) is 5.69 Å². The second kappa shape index (κ2) is 6.36. The molecule has 0 aliphatic carbocycles. The lowest BCUT2D eigenvalue weighted by atomic mass is 10.1. The van der Waals surface area contributed by atoms with Gasteiger partial charge >= 0.3 is 0 Å². The molecule has 22 heavy (non-hydrogen) atoms. The zero-order valence-electron chi connectivity index (χ0n) is 13.3. The van der Waals surface area contributed by atoms with Crippen LogP contribution in [0.15, 0.2) is 42.6 Å². The normalized spacial score (nSPS) is 21.0. The second-order valence-corrected chi connectivity index (χ2v) is 6.19. The minimum atomic E-state index is 0.102. The van der Waals surface area contributed by atoms with E-state index in [1.165, 1.54) is 17.0 Å². The molecule has 0 saturated carbocycles. The molecule has 1 aromatic heterocycles. The number of aromatic nitrogens is 1. The molecule has 0 spiro atoms. The van der Waals surface area contributed by atoms with Crippen LogP contribution >= 0.6 is 0 Å². The number of hydrogen-bond donors (Lipinski definition) is 2. The molecular formula is C18H24N3O+. The summed E-state index contributed by atoms with van der Waals surface area (Å²) in [5.41, 5.74) is 3.35. The Morgan fingerprint density at radius 2 is 2.14 bits per heavy atom. The van der Waals surface area contributed by atoms with Crippen molar-refractivity contribution in [1.29, 1.82) is 0 Å². The summed E-state index contributed by atoms with van der Waals surface area (Å²) in [5.74, 6) is 0.102. The van der Waals surface area contributed by atoms with E-state index < -0.39 is 0 Å². The highest BCUT2D eigenvalue weighted by Gasteiger charge is 2.32. The third-order valence-corrected chi connectivity index (χ3v) is 4.63. The molecule has 1 aliphatic heterocycles. The van der Waals surface area contributed by atoms with Crippen LogP contribution in [0.2, 0.25) is 0 Å². The smallest absolute Gasteiger partial charge is 0.279 e. The van der Waals surface area contributed by atoms with Gasteiger partial charge in [0, 0.05) is 31.8 Å². The van der Waals surface area contributed by atoms with Crippen molar-refractivity contribution in [2.24, 2.45) is 7.05 Å². The lowest BCUT2D eigenvalue weighted by Gasteiger charge is -2.22. The SMILES string of the molecule is Cc1ccccc1NC(=O)C[NH+]1CCC[C@@H]1c1cccn1C. The topological polar surface area (TPSA) is 38.5 Å². The van der Waals surface area contributed by atoms with Gasteiger partial charge in [0.1, 0.15) is 6.04 Å². The molecular weight excluding hydrogens is 274 g/mol. The first-order chi connectivity index (χ1) is 10.6. The van der Waals surface area contributed by atoms with Crippen molar-refractivity contribution in [2.75, 3.05) is 18.4 Å². The molecule has 4 heteroatoms. The third-order valence-electron chi connectivity index (χ3n) is 4.63. The van der Waals surface area contributed by atoms with Crippen molar-refractivity contribution in [3.8, 4) is 0 Å². The van der Waals surface area contributed by atoms with Crippen LogP contribution in [0.1, 0.15) is 30.1 Å². The molecule has 1 unspecified atom stereocenters. The van der Waals surface area contributed by atoms with Gasteiger partial charge in [-0.2, -0.15) is 0 Å². The number of likely N-dealkylation sites (tertiary alicyclic amines) is 1. The lowest BCUT2D eigenvalue weighted by Crippen LogP contribution is -3.11. The highest BCUT2D eigenvalue weighted by atomic mass is 16.2. The van der Waals surface area contributed by atoms with Crippen LogP contribution in [0, 0.1) is 6.92 Å². The molecule has 1 saturated heterocycles. The number of rotatable bonds is 4. The highest BCUT2D eigenvalue weighted by molar-refractivity contribution is 5.92. The second-order valence-electron chi connectivity index (χ2n) is 6.19. The van der Waals surface area contributed by atoms with E-state index in [0.717, 1.165) is 24.2 Å². The number of amides is 1. The first-order valence-electron chi connectivity index (χ1n) is 7.96. The average Bonchev–Trinajstić information content (AvgIpc) is 3.10. The van der Waals surface area contributed by atoms with E-state index in [-0.39, 0.29) is 5.91 Å². The Hall–Kier alpha value is -2.07. The van der Waals surface area contributed by atoms with Gasteiger partial charge in [0.2, 0.25) is 0 Å². The molecule has 2 heterocycles. The molecule has 1 fully saturated rings. The number of quaternary nitrogens is 1. The van der Waals surface area contributed by atoms with Gasteiger partial charge in [-0.1, -0.05) is 18.2 Å². The summed E-state index contributed by atoms with van der Waals surface area (Å²) in [6, 6.07) is 12.6. The molecule has 3 rings (SSSR count). The highest BCUT2D eigenvalue weighted by Crippen LogP contribution is 2.19. The van der Waals surface area contributed by atoms with E-state index in [0.29, 0.717) is 12.6 Å². The minimum Gasteiger partial charge on any atom is -0.350 e. The zero-order chi connectivity index (χ0) is 15.5. The largest absolute Gasteiger partial charge is 0.350 e. The number of para-hydroxylation sites is 1. The average molecular weight is 298 g/mol. The number of benzene rings is 1. The molecule has 1 aliphatic rings. The molecule has 116 valence electrons. The van der Waals surface area contributed by atoms with Crippen LogP contribution in [0.5, 0.6) is 0 Å². The summed E-state index contributed by atoms with van der Waals surface area (Å²) in [7, 11) is 2.08. The van der Waals surface area contributed by atoms with Crippen molar-refractivity contribution in [3.63, 3.8) is 0 Å². The first kappa shape index (κ1) is 14.9. The molecule has 4 nitrogen and oxygen atoms in total. The fraction of sp³-hybridized carbons (Fsp3) is 0.389. The summed E-state index contributed by atoms with van der Waals surface area (Å²) >= 11 is 0. The Morgan fingerprint density at radius 1 is 1.32 bits per heavy atom. The van der Waals surface area contributed by atoms with Gasteiger partial charge in [-0.05, 0) is 30.7 Å². The standard InChI is InChI=1S/C18H23N3O/c1-14-7-3-4-8-15(14)19-18(22)13-21-12-6-10-17(21)16-9-5-11-20(16)2/h3-5,7-9,11,17H,6,10,12-13H2,1-2H3,(H,19,22)/p+1/t17-/m1/s1. The van der Waals surface area contributed by atoms with Crippen molar-refractivity contribution in [2.45, 2.75) is 25.8 Å². The van der Waals surface area contributed by atoms with Crippen molar-refractivity contribution in [3.05, 3.63) is 53.9 Å². The molecule has 2 N–H and O–H groups in total. The maximum absolute atomic E-state index is 12.4. The Labute approximate surface area is 131 Å². The predicted molar refractivity (Wildman–Crippen MR) is 87.9 cm³/mol. The Morgan fingerprint density at radius 3 is 2.86 bits per heavy atom. The van der Waals surface area contributed by atoms with Crippen molar-refractivity contribution in [1.82, 2.24) is 4.57 Å². The fourth-order valence-corrected chi connectivity index (χ4v) is 3.43. The Balaban J connectivity index is 1.66. The number of carbonyl (C=O) groups is 1. The molecule has 2 atom stereocenters. The van der Waals surface area contributed by atoms with Gasteiger partial charge in [-0.3, -0.25) is 4.79 Å². The quantitative estimate of drug-likeness (QED) is 0.886. The van der Waals surface area contributed by atoms with E-state index in [9.17, 15) is 4.79 Å². The Bertz CT molecular complexity index is 662. The van der Waals surface area contributed by atoms with Gasteiger partial charge in [-0.25, -0.2) is 0 Å². The van der Waals surface area contributed by atoms with Gasteiger partial charge in [0.05, 0.1) is 12.2 Å². The van der Waals surface area contributed by atoms with Crippen molar-refractivity contribution < 1.29 is 9.69 Å². The zero-order valence-corrected chi connectivity index (χ0v) is 13.3. The maximum Gasteiger partial charge on any atom is 0.279 e. The lowest BCUT2D eigenvalue weighted by molar-refractivity contribution is -0.910. The summed E-state index contributed by atoms with van der Waals surface area (Å²) < 4.78 is 2.18. The van der Waals surface area contributed by atoms with E-state index in [2.05, 4.69) is 35.3 Å². The fourth-order valence-electron chi connectivity index (χ4n) is 3.43. The number of nitrogens with one attached hydrogen (secondary N) is 2. The number of hydrogen-bond acceptors (Lipinski definition) is 1. The first-order valence-corrected chi connectivity index (χ1v) is 7.96. The summed E-state index contributed by atoms with van der Waals surface area (Å²) in [5, 5.41) is 3.05. The number of nitrogens with zero attached hydrogens (tertiary/aromatic N) is 1. The summed E-state index contributed by atoms with van der Waals surface area (Å²) in [4.78, 5) is 13.8. The molecule has 1 aromatic carbocycles. The molecule has 0 bridgehead atoms. The monoisotopic (exact) mass is 298 g/mol. The van der Waals surface area contributed by atoms with Crippen LogP contribution in [0.3, 0.4) is 0 Å².